The third-order valence-corrected chi connectivity index (χ3v) is 2.84. The highest BCUT2D eigenvalue weighted by Gasteiger charge is 2.46. The molecule has 0 saturated heterocycles. The lowest BCUT2D eigenvalue weighted by Gasteiger charge is -2.14. The molecule has 1 aliphatic carbocycles. The Labute approximate surface area is 81.8 Å². The summed E-state index contributed by atoms with van der Waals surface area (Å²) in [6, 6.07) is 3.87. The van der Waals surface area contributed by atoms with E-state index in [0.717, 1.165) is 18.4 Å². The first kappa shape index (κ1) is 8.94. The van der Waals surface area contributed by atoms with E-state index in [1.807, 2.05) is 12.1 Å². The maximum Gasteiger partial charge on any atom is 0.132 e. The zero-order chi connectivity index (χ0) is 9.31. The van der Waals surface area contributed by atoms with Gasteiger partial charge in [0.15, 0.2) is 0 Å². The maximum atomic E-state index is 5.98. The Hall–Kier alpha value is -0.640. The van der Waals surface area contributed by atoms with Crippen molar-refractivity contribution in [2.24, 2.45) is 5.90 Å². The van der Waals surface area contributed by atoms with Crippen LogP contribution in [0.5, 0.6) is 0 Å². The van der Waals surface area contributed by atoms with Gasteiger partial charge in [0.1, 0.15) is 5.15 Å². The van der Waals surface area contributed by atoms with Crippen LogP contribution in [0.4, 0.5) is 0 Å². The zero-order valence-electron chi connectivity index (χ0n) is 7.16. The summed E-state index contributed by atoms with van der Waals surface area (Å²) in [5.41, 5.74) is 1.10. The predicted molar refractivity (Wildman–Crippen MR) is 50.3 cm³/mol. The Balaban J connectivity index is 2.30. The molecule has 0 amide bonds. The molecule has 1 aromatic rings. The number of halogens is 1. The Morgan fingerprint density at radius 2 is 2.38 bits per heavy atom. The van der Waals surface area contributed by atoms with Crippen LogP contribution in [-0.2, 0) is 10.3 Å². The second kappa shape index (κ2) is 3.25. The summed E-state index contributed by atoms with van der Waals surface area (Å²) >= 11 is 5.98. The quantitative estimate of drug-likeness (QED) is 0.594. The Bertz CT molecular complexity index is 312. The third-order valence-electron chi connectivity index (χ3n) is 2.54. The van der Waals surface area contributed by atoms with E-state index in [9.17, 15) is 0 Å². The highest BCUT2D eigenvalue weighted by atomic mass is 35.5. The van der Waals surface area contributed by atoms with Crippen LogP contribution in [0.2, 0.25) is 5.15 Å². The molecule has 70 valence electrons. The van der Waals surface area contributed by atoms with Crippen molar-refractivity contribution in [1.82, 2.24) is 4.98 Å². The fraction of sp³-hybridized carbons (Fsp3) is 0.444. The van der Waals surface area contributed by atoms with Gasteiger partial charge in [-0.15, -0.1) is 0 Å². The number of pyridine rings is 1. The van der Waals surface area contributed by atoms with Gasteiger partial charge in [-0.2, -0.15) is 0 Å². The highest BCUT2D eigenvalue weighted by molar-refractivity contribution is 6.30. The van der Waals surface area contributed by atoms with Gasteiger partial charge in [-0.25, -0.2) is 10.9 Å². The molecule has 1 fully saturated rings. The molecule has 1 aliphatic rings. The van der Waals surface area contributed by atoms with Crippen molar-refractivity contribution in [3.63, 3.8) is 0 Å². The lowest BCUT2D eigenvalue weighted by Crippen LogP contribution is -2.18. The molecule has 0 spiro atoms. The van der Waals surface area contributed by atoms with Crippen molar-refractivity contribution >= 4 is 11.6 Å². The molecule has 0 bridgehead atoms. The maximum absolute atomic E-state index is 5.98. The topological polar surface area (TPSA) is 48.1 Å². The zero-order valence-corrected chi connectivity index (χ0v) is 7.92. The van der Waals surface area contributed by atoms with Gasteiger partial charge in [0.2, 0.25) is 0 Å². The molecule has 1 saturated carbocycles. The molecule has 13 heavy (non-hydrogen) atoms. The first-order chi connectivity index (χ1) is 6.28. The van der Waals surface area contributed by atoms with Gasteiger partial charge < -0.3 is 4.84 Å². The van der Waals surface area contributed by atoms with Crippen molar-refractivity contribution < 1.29 is 4.84 Å². The summed E-state index contributed by atoms with van der Waals surface area (Å²) in [5, 5.41) is 0.567. The first-order valence-corrected chi connectivity index (χ1v) is 4.59. The minimum Gasteiger partial charge on any atom is -0.304 e. The average molecular weight is 199 g/mol. The molecule has 0 unspecified atom stereocenters. The van der Waals surface area contributed by atoms with E-state index in [1.54, 1.807) is 6.20 Å². The Kier molecular flexibility index (Phi) is 2.24. The molecule has 1 aromatic heterocycles. The third kappa shape index (κ3) is 1.55. The van der Waals surface area contributed by atoms with Gasteiger partial charge in [0.25, 0.3) is 0 Å². The monoisotopic (exact) mass is 198 g/mol. The van der Waals surface area contributed by atoms with Gasteiger partial charge >= 0.3 is 0 Å². The van der Waals surface area contributed by atoms with E-state index in [4.69, 9.17) is 22.3 Å². The summed E-state index contributed by atoms with van der Waals surface area (Å²) in [4.78, 5) is 8.73. The highest BCUT2D eigenvalue weighted by Crippen LogP contribution is 2.49. The van der Waals surface area contributed by atoms with Crippen molar-refractivity contribution in [3.05, 3.63) is 29.0 Å². The van der Waals surface area contributed by atoms with E-state index in [1.165, 1.54) is 0 Å². The first-order valence-electron chi connectivity index (χ1n) is 4.21. The fourth-order valence-electron chi connectivity index (χ4n) is 1.58. The molecular formula is C9H11ClN2O. The van der Waals surface area contributed by atoms with Crippen molar-refractivity contribution in [1.29, 1.82) is 0 Å². The van der Waals surface area contributed by atoms with Crippen LogP contribution in [-0.4, -0.2) is 11.6 Å². The van der Waals surface area contributed by atoms with Crippen molar-refractivity contribution in [3.8, 4) is 0 Å². The number of nitrogens with two attached hydrogens (primary N) is 1. The van der Waals surface area contributed by atoms with E-state index < -0.39 is 0 Å². The Morgan fingerprint density at radius 3 is 2.92 bits per heavy atom. The number of hydrogen-bond acceptors (Lipinski definition) is 3. The predicted octanol–water partition coefficient (Wildman–Crippen LogP) is 1.66. The van der Waals surface area contributed by atoms with E-state index >= 15 is 0 Å². The number of nitrogens with zero attached hydrogens (tertiary/aromatic N) is 1. The summed E-state index contributed by atoms with van der Waals surface area (Å²) < 4.78 is 0. The molecule has 0 radical (unpaired) electrons. The molecular weight excluding hydrogens is 188 g/mol. The molecule has 1 heterocycles. The second-order valence-electron chi connectivity index (χ2n) is 3.43. The number of aromatic nitrogens is 1. The van der Waals surface area contributed by atoms with Crippen LogP contribution in [0.25, 0.3) is 0 Å². The van der Waals surface area contributed by atoms with Crippen LogP contribution < -0.4 is 5.90 Å². The molecule has 0 aromatic carbocycles. The van der Waals surface area contributed by atoms with Crippen LogP contribution in [0.3, 0.4) is 0 Å². The molecule has 2 rings (SSSR count). The van der Waals surface area contributed by atoms with Crippen molar-refractivity contribution in [2.75, 3.05) is 6.61 Å². The van der Waals surface area contributed by atoms with E-state index in [2.05, 4.69) is 4.98 Å². The van der Waals surface area contributed by atoms with Gasteiger partial charge in [-0.1, -0.05) is 17.7 Å². The average Bonchev–Trinajstić information content (AvgIpc) is 2.87. The van der Waals surface area contributed by atoms with Crippen molar-refractivity contribution in [2.45, 2.75) is 18.3 Å². The minimum absolute atomic E-state index is 0.0418. The summed E-state index contributed by atoms with van der Waals surface area (Å²) in [6.07, 6.45) is 3.84. The smallest absolute Gasteiger partial charge is 0.132 e. The lowest BCUT2D eigenvalue weighted by molar-refractivity contribution is 0.116. The second-order valence-corrected chi connectivity index (χ2v) is 3.79. The van der Waals surface area contributed by atoms with Crippen LogP contribution in [0.15, 0.2) is 18.3 Å². The minimum atomic E-state index is 0.0418. The summed E-state index contributed by atoms with van der Waals surface area (Å²) in [5.74, 6) is 5.08. The molecule has 4 heteroatoms. The molecule has 0 atom stereocenters. The van der Waals surface area contributed by atoms with Crippen LogP contribution >= 0.6 is 11.6 Å². The summed E-state index contributed by atoms with van der Waals surface area (Å²) in [7, 11) is 0. The summed E-state index contributed by atoms with van der Waals surface area (Å²) in [6.45, 7) is 0.526. The van der Waals surface area contributed by atoms with E-state index in [-0.39, 0.29) is 5.41 Å². The van der Waals surface area contributed by atoms with Gasteiger partial charge in [0, 0.05) is 11.6 Å². The SMILES string of the molecule is NOCC1(c2cccnc2Cl)CC1. The van der Waals surface area contributed by atoms with Gasteiger partial charge in [-0.3, -0.25) is 0 Å². The molecule has 0 aliphatic heterocycles. The van der Waals surface area contributed by atoms with Gasteiger partial charge in [0.05, 0.1) is 6.61 Å². The Morgan fingerprint density at radius 1 is 1.62 bits per heavy atom. The fourth-order valence-corrected chi connectivity index (χ4v) is 1.90. The molecule has 3 nitrogen and oxygen atoms in total. The standard InChI is InChI=1S/C9H11ClN2O/c10-8-7(2-1-5-12-8)9(3-4-9)6-13-11/h1-2,5H,3-4,6,11H2. The largest absolute Gasteiger partial charge is 0.304 e. The molecule has 2 N–H and O–H groups in total. The number of hydrogen-bond donors (Lipinski definition) is 1. The van der Waals surface area contributed by atoms with Crippen LogP contribution in [0, 0.1) is 0 Å². The number of rotatable bonds is 3. The van der Waals surface area contributed by atoms with Crippen LogP contribution in [0.1, 0.15) is 18.4 Å². The van der Waals surface area contributed by atoms with E-state index in [0.29, 0.717) is 11.8 Å². The van der Waals surface area contributed by atoms with Gasteiger partial charge in [-0.05, 0) is 24.5 Å². The lowest BCUT2D eigenvalue weighted by atomic mass is 9.99. The normalized spacial score (nSPS) is 18.6.